The molecule has 2 bridgehead atoms. The number of Topliss-reactive ketones (excluding diaryl/α,β-unsaturated/α-hetero) is 2. The highest BCUT2D eigenvalue weighted by Gasteiger charge is 2.62. The van der Waals surface area contributed by atoms with Gasteiger partial charge >= 0.3 is 0 Å². The Morgan fingerprint density at radius 3 is 1.82 bits per heavy atom. The fraction of sp³-hybridized carbons (Fsp3) is 0.778. The highest BCUT2D eigenvalue weighted by molar-refractivity contribution is 6.46. The summed E-state index contributed by atoms with van der Waals surface area (Å²) in [5, 5.41) is 0. The maximum atomic E-state index is 11.1. The second-order valence-electron chi connectivity index (χ2n) is 4.11. The summed E-state index contributed by atoms with van der Waals surface area (Å²) in [6.45, 7) is 0. The molecule has 0 aliphatic heterocycles. The van der Waals surface area contributed by atoms with Gasteiger partial charge in [0.05, 0.1) is 0 Å². The third kappa shape index (κ3) is 0.481. The molecule has 0 radical (unpaired) electrons. The van der Waals surface area contributed by atoms with Gasteiger partial charge in [0.2, 0.25) is 11.6 Å². The van der Waals surface area contributed by atoms with Crippen molar-refractivity contribution in [2.24, 2.45) is 23.7 Å². The van der Waals surface area contributed by atoms with E-state index in [1.807, 2.05) is 0 Å². The fourth-order valence-electron chi connectivity index (χ4n) is 3.28. The Kier molecular flexibility index (Phi) is 0.846. The van der Waals surface area contributed by atoms with Gasteiger partial charge in [-0.2, -0.15) is 0 Å². The summed E-state index contributed by atoms with van der Waals surface area (Å²) in [6, 6.07) is 0. The van der Waals surface area contributed by atoms with Gasteiger partial charge in [0.25, 0.3) is 0 Å². The molecule has 3 aliphatic rings. The van der Waals surface area contributed by atoms with Crippen molar-refractivity contribution >= 4 is 11.6 Å². The number of hydrogen-bond acceptors (Lipinski definition) is 2. The van der Waals surface area contributed by atoms with Crippen LogP contribution in [0.25, 0.3) is 0 Å². The largest absolute Gasteiger partial charge is 0.291 e. The zero-order chi connectivity index (χ0) is 7.59. The Morgan fingerprint density at radius 1 is 0.909 bits per heavy atom. The van der Waals surface area contributed by atoms with Gasteiger partial charge < -0.3 is 0 Å². The average Bonchev–Trinajstić information content (AvgIpc) is 2.58. The molecule has 0 aromatic heterocycles. The summed E-state index contributed by atoms with van der Waals surface area (Å²) in [5.74, 6) is 1.44. The number of ketones is 2. The fourth-order valence-corrected chi connectivity index (χ4v) is 3.28. The predicted octanol–water partition coefficient (Wildman–Crippen LogP) is 0.800. The molecule has 0 amide bonds. The Morgan fingerprint density at radius 2 is 1.36 bits per heavy atom. The summed E-state index contributed by atoms with van der Waals surface area (Å²) >= 11 is 0. The molecule has 2 heteroatoms. The molecular formula is C9H10O2. The summed E-state index contributed by atoms with van der Waals surface area (Å²) < 4.78 is 0. The quantitative estimate of drug-likeness (QED) is 0.479. The second kappa shape index (κ2) is 1.57. The number of carbonyl (C=O) groups is 2. The first-order chi connectivity index (χ1) is 5.29. The van der Waals surface area contributed by atoms with E-state index in [4.69, 9.17) is 0 Å². The van der Waals surface area contributed by atoms with E-state index in [0.29, 0.717) is 11.8 Å². The molecule has 0 saturated heterocycles. The summed E-state index contributed by atoms with van der Waals surface area (Å²) in [4.78, 5) is 22.2. The minimum atomic E-state index is -0.0535. The van der Waals surface area contributed by atoms with E-state index in [-0.39, 0.29) is 23.4 Å². The third-order valence-electron chi connectivity index (χ3n) is 3.76. The van der Waals surface area contributed by atoms with Crippen LogP contribution < -0.4 is 0 Å². The van der Waals surface area contributed by atoms with Crippen LogP contribution >= 0.6 is 0 Å². The van der Waals surface area contributed by atoms with E-state index < -0.39 is 0 Å². The lowest BCUT2D eigenvalue weighted by molar-refractivity contribution is -0.155. The van der Waals surface area contributed by atoms with Gasteiger partial charge in [0.1, 0.15) is 0 Å². The Labute approximate surface area is 65.0 Å². The summed E-state index contributed by atoms with van der Waals surface area (Å²) in [6.07, 6.45) is 3.56. The van der Waals surface area contributed by atoms with Crippen LogP contribution in [0.3, 0.4) is 0 Å². The van der Waals surface area contributed by atoms with Crippen LogP contribution in [0, 0.1) is 23.7 Å². The second-order valence-corrected chi connectivity index (χ2v) is 4.11. The molecule has 2 nitrogen and oxygen atoms in total. The lowest BCUT2D eigenvalue weighted by atomic mass is 9.64. The van der Waals surface area contributed by atoms with Crippen molar-refractivity contribution in [3.05, 3.63) is 0 Å². The number of carbonyl (C=O) groups excluding carboxylic acids is 2. The minimum Gasteiger partial charge on any atom is -0.291 e. The van der Waals surface area contributed by atoms with Crippen molar-refractivity contribution in [1.82, 2.24) is 0 Å². The topological polar surface area (TPSA) is 34.1 Å². The normalized spacial score (nSPS) is 52.7. The van der Waals surface area contributed by atoms with Crippen molar-refractivity contribution in [2.45, 2.75) is 19.3 Å². The van der Waals surface area contributed by atoms with Crippen molar-refractivity contribution in [2.75, 3.05) is 0 Å². The van der Waals surface area contributed by atoms with Crippen LogP contribution in [-0.2, 0) is 9.59 Å². The molecule has 0 spiro atoms. The zero-order valence-electron chi connectivity index (χ0n) is 6.25. The van der Waals surface area contributed by atoms with Crippen molar-refractivity contribution < 1.29 is 9.59 Å². The molecule has 3 fully saturated rings. The smallest absolute Gasteiger partial charge is 0.202 e. The lowest BCUT2D eigenvalue weighted by Crippen LogP contribution is -2.51. The Bertz CT molecular complexity index is 230. The first-order valence-corrected chi connectivity index (χ1v) is 4.37. The van der Waals surface area contributed by atoms with Crippen LogP contribution in [0.5, 0.6) is 0 Å². The van der Waals surface area contributed by atoms with Crippen molar-refractivity contribution in [3.63, 3.8) is 0 Å². The van der Waals surface area contributed by atoms with Crippen molar-refractivity contribution in [1.29, 1.82) is 0 Å². The number of fused-ring (bicyclic) bond motifs is 5. The van der Waals surface area contributed by atoms with E-state index in [0.717, 1.165) is 6.42 Å². The minimum absolute atomic E-state index is 0.0535. The molecule has 0 aromatic carbocycles. The van der Waals surface area contributed by atoms with Crippen LogP contribution in [0.15, 0.2) is 0 Å². The highest BCUT2D eigenvalue weighted by atomic mass is 16.2. The number of hydrogen-bond donors (Lipinski definition) is 0. The molecule has 3 saturated carbocycles. The van der Waals surface area contributed by atoms with Crippen LogP contribution in [-0.4, -0.2) is 11.6 Å². The van der Waals surface area contributed by atoms with E-state index >= 15 is 0 Å². The van der Waals surface area contributed by atoms with Gasteiger partial charge in [-0.25, -0.2) is 0 Å². The van der Waals surface area contributed by atoms with Gasteiger partial charge in [0.15, 0.2) is 0 Å². The molecule has 3 aliphatic carbocycles. The van der Waals surface area contributed by atoms with Gasteiger partial charge in [-0.05, 0) is 31.1 Å². The lowest BCUT2D eigenvalue weighted by Gasteiger charge is -2.36. The Hall–Kier alpha value is -0.660. The summed E-state index contributed by atoms with van der Waals surface area (Å²) in [5.41, 5.74) is 0. The molecule has 4 atom stereocenters. The maximum absolute atomic E-state index is 11.1. The molecule has 11 heavy (non-hydrogen) atoms. The summed E-state index contributed by atoms with van der Waals surface area (Å²) in [7, 11) is 0. The molecule has 4 unspecified atom stereocenters. The monoisotopic (exact) mass is 150 g/mol. The molecule has 0 heterocycles. The first-order valence-electron chi connectivity index (χ1n) is 4.37. The Balaban J connectivity index is 2.01. The van der Waals surface area contributed by atoms with Gasteiger partial charge in [-0.1, -0.05) is 0 Å². The third-order valence-corrected chi connectivity index (χ3v) is 3.76. The molecule has 0 N–H and O–H groups in total. The standard InChI is InChI=1S/C9H10O2/c10-8-6-4-1-2-5(3-4)7(6)9(8)11/h4-7H,1-3H2. The SMILES string of the molecule is O=C1C(=O)C2C3CCC(C3)C12. The van der Waals surface area contributed by atoms with Gasteiger partial charge in [0, 0.05) is 11.8 Å². The zero-order valence-corrected chi connectivity index (χ0v) is 6.25. The molecule has 58 valence electrons. The van der Waals surface area contributed by atoms with E-state index in [2.05, 4.69) is 0 Å². The molecule has 3 rings (SSSR count). The predicted molar refractivity (Wildman–Crippen MR) is 37.8 cm³/mol. The number of rotatable bonds is 0. The van der Waals surface area contributed by atoms with E-state index in [1.54, 1.807) is 0 Å². The first kappa shape index (κ1) is 5.92. The van der Waals surface area contributed by atoms with Gasteiger partial charge in [-0.3, -0.25) is 9.59 Å². The average molecular weight is 150 g/mol. The van der Waals surface area contributed by atoms with Crippen molar-refractivity contribution in [3.8, 4) is 0 Å². The van der Waals surface area contributed by atoms with E-state index in [9.17, 15) is 9.59 Å². The van der Waals surface area contributed by atoms with Crippen LogP contribution in [0.4, 0.5) is 0 Å². The van der Waals surface area contributed by atoms with Crippen LogP contribution in [0.1, 0.15) is 19.3 Å². The maximum Gasteiger partial charge on any atom is 0.202 e. The van der Waals surface area contributed by atoms with Crippen LogP contribution in [0.2, 0.25) is 0 Å². The van der Waals surface area contributed by atoms with E-state index in [1.165, 1.54) is 12.8 Å². The molecule has 0 aromatic rings. The molecular weight excluding hydrogens is 140 g/mol. The van der Waals surface area contributed by atoms with Gasteiger partial charge in [-0.15, -0.1) is 0 Å². The highest BCUT2D eigenvalue weighted by Crippen LogP contribution is 2.57.